The Morgan fingerprint density at radius 3 is 1.92 bits per heavy atom. The van der Waals surface area contributed by atoms with Crippen LogP contribution in [0, 0.1) is 0 Å². The Labute approximate surface area is 298 Å². The average molecular weight is 661 g/mol. The minimum atomic E-state index is 0.932. The van der Waals surface area contributed by atoms with Crippen LogP contribution in [0.1, 0.15) is 0 Å². The Morgan fingerprint density at radius 1 is 0.404 bits per heavy atom. The zero-order chi connectivity index (χ0) is 33.9. The molecule has 52 heavy (non-hydrogen) atoms. The molecule has 0 atom stereocenters. The fourth-order valence-electron chi connectivity index (χ4n) is 8.88. The molecule has 1 aliphatic rings. The molecule has 4 nitrogen and oxygen atoms in total. The van der Waals surface area contributed by atoms with E-state index in [1.807, 2.05) is 18.6 Å². The van der Waals surface area contributed by atoms with E-state index in [9.17, 15) is 0 Å². The summed E-state index contributed by atoms with van der Waals surface area (Å²) in [6, 6.07) is 55.2. The number of rotatable bonds is 3. The van der Waals surface area contributed by atoms with Gasteiger partial charge in [-0.05, 0) is 93.7 Å². The van der Waals surface area contributed by atoms with Gasteiger partial charge in [-0.3, -0.25) is 9.55 Å². The molecule has 4 heteroatoms. The lowest BCUT2D eigenvalue weighted by atomic mass is 10.00. The second kappa shape index (κ2) is 10.3. The molecule has 1 aliphatic carbocycles. The normalized spacial score (nSPS) is 12.2. The lowest BCUT2D eigenvalue weighted by Gasteiger charge is -2.13. The van der Waals surface area contributed by atoms with Crippen LogP contribution in [-0.2, 0) is 0 Å². The van der Waals surface area contributed by atoms with Gasteiger partial charge in [0.2, 0.25) is 0 Å². The molecule has 0 radical (unpaired) electrons. The smallest absolute Gasteiger partial charge is 0.146 e. The van der Waals surface area contributed by atoms with Crippen molar-refractivity contribution in [2.24, 2.45) is 0 Å². The van der Waals surface area contributed by atoms with Crippen LogP contribution in [0.2, 0.25) is 0 Å². The lowest BCUT2D eigenvalue weighted by Crippen LogP contribution is -2.00. The second-order valence-electron chi connectivity index (χ2n) is 13.9. The van der Waals surface area contributed by atoms with Crippen LogP contribution in [-0.4, -0.2) is 19.1 Å². The van der Waals surface area contributed by atoms with Gasteiger partial charge in [0.15, 0.2) is 0 Å². The molecule has 240 valence electrons. The Morgan fingerprint density at radius 2 is 1.08 bits per heavy atom. The Balaban J connectivity index is 1.12. The third-order valence-electron chi connectivity index (χ3n) is 11.1. The molecule has 0 saturated heterocycles. The van der Waals surface area contributed by atoms with Crippen molar-refractivity contribution in [3.8, 4) is 44.9 Å². The minimum Gasteiger partial charge on any atom is -0.309 e. The summed E-state index contributed by atoms with van der Waals surface area (Å²) in [6.07, 6.45) is 5.93. The maximum atomic E-state index is 5.15. The highest BCUT2D eigenvalue weighted by molar-refractivity contribution is 6.19. The van der Waals surface area contributed by atoms with Gasteiger partial charge in [0.05, 0.1) is 22.1 Å². The van der Waals surface area contributed by atoms with Crippen molar-refractivity contribution >= 4 is 65.2 Å². The van der Waals surface area contributed by atoms with Crippen LogP contribution in [0.25, 0.3) is 110 Å². The van der Waals surface area contributed by atoms with Crippen LogP contribution < -0.4 is 0 Å². The fourth-order valence-corrected chi connectivity index (χ4v) is 8.88. The number of benzene rings is 7. The SMILES string of the molecule is c1ccc(-n2c3ccccc3c3cc(-c4ccc5c(c4)c4cc6ccccc6cc4n5-c4nccc5c4-c4cncc6cccc-5c46)ccc32)cc1. The fraction of sp³-hybridized carbons (Fsp3) is 0. The first kappa shape index (κ1) is 27.7. The number of hydrogen-bond acceptors (Lipinski definition) is 2. The number of nitrogens with zero attached hydrogens (tertiary/aromatic N) is 4. The molecule has 4 aromatic heterocycles. The first-order valence-electron chi connectivity index (χ1n) is 17.7. The van der Waals surface area contributed by atoms with Crippen LogP contribution >= 0.6 is 0 Å². The van der Waals surface area contributed by atoms with E-state index in [1.165, 1.54) is 76.7 Å². The van der Waals surface area contributed by atoms with Gasteiger partial charge >= 0.3 is 0 Å². The molecule has 11 aromatic rings. The van der Waals surface area contributed by atoms with Crippen molar-refractivity contribution in [2.75, 3.05) is 0 Å². The number of fused-ring (bicyclic) bond motifs is 10. The zero-order valence-corrected chi connectivity index (χ0v) is 28.0. The van der Waals surface area contributed by atoms with Gasteiger partial charge in [0.25, 0.3) is 0 Å². The Kier molecular flexibility index (Phi) is 5.47. The van der Waals surface area contributed by atoms with Gasteiger partial charge in [-0.1, -0.05) is 91.0 Å². The van der Waals surface area contributed by atoms with Crippen molar-refractivity contribution in [1.29, 1.82) is 0 Å². The maximum Gasteiger partial charge on any atom is 0.146 e. The summed E-state index contributed by atoms with van der Waals surface area (Å²) < 4.78 is 4.75. The predicted molar refractivity (Wildman–Crippen MR) is 216 cm³/mol. The van der Waals surface area contributed by atoms with Crippen LogP contribution in [0.4, 0.5) is 0 Å². The van der Waals surface area contributed by atoms with Gasteiger partial charge in [-0.2, -0.15) is 0 Å². The molecule has 12 rings (SSSR count). The minimum absolute atomic E-state index is 0.932. The third kappa shape index (κ3) is 3.70. The van der Waals surface area contributed by atoms with Gasteiger partial charge in [-0.15, -0.1) is 0 Å². The van der Waals surface area contributed by atoms with Gasteiger partial charge in [0, 0.05) is 67.7 Å². The van der Waals surface area contributed by atoms with E-state index in [4.69, 9.17) is 4.98 Å². The van der Waals surface area contributed by atoms with E-state index >= 15 is 0 Å². The summed E-state index contributed by atoms with van der Waals surface area (Å²) >= 11 is 0. The number of aromatic nitrogens is 4. The predicted octanol–water partition coefficient (Wildman–Crippen LogP) is 12.3. The molecule has 0 saturated carbocycles. The second-order valence-corrected chi connectivity index (χ2v) is 13.9. The molecular formula is C48H28N4. The summed E-state index contributed by atoms with van der Waals surface area (Å²) in [5.41, 5.74) is 13.0. The van der Waals surface area contributed by atoms with E-state index in [0.29, 0.717) is 0 Å². The summed E-state index contributed by atoms with van der Waals surface area (Å²) in [6.45, 7) is 0. The van der Waals surface area contributed by atoms with Gasteiger partial charge < -0.3 is 4.57 Å². The summed E-state index contributed by atoms with van der Waals surface area (Å²) in [5, 5.41) is 9.75. The van der Waals surface area contributed by atoms with E-state index in [1.54, 1.807) is 0 Å². The highest BCUT2D eigenvalue weighted by Gasteiger charge is 2.27. The molecule has 0 fully saturated rings. The third-order valence-corrected chi connectivity index (χ3v) is 11.1. The zero-order valence-electron chi connectivity index (χ0n) is 28.0. The Hall–Kier alpha value is -7.04. The van der Waals surface area contributed by atoms with Gasteiger partial charge in [-0.25, -0.2) is 4.98 Å². The van der Waals surface area contributed by atoms with Crippen molar-refractivity contribution < 1.29 is 0 Å². The quantitative estimate of drug-likeness (QED) is 0.189. The van der Waals surface area contributed by atoms with Crippen molar-refractivity contribution in [2.45, 2.75) is 0 Å². The van der Waals surface area contributed by atoms with Crippen molar-refractivity contribution in [3.05, 3.63) is 170 Å². The van der Waals surface area contributed by atoms with E-state index < -0.39 is 0 Å². The highest BCUT2D eigenvalue weighted by atomic mass is 15.1. The lowest BCUT2D eigenvalue weighted by molar-refractivity contribution is 1.09. The van der Waals surface area contributed by atoms with Crippen LogP contribution in [0.5, 0.6) is 0 Å². The molecule has 0 N–H and O–H groups in total. The highest BCUT2D eigenvalue weighted by Crippen LogP contribution is 2.50. The standard InChI is InChI=1S/C48H28N4/c1-2-12-34(13-3-1)51-42-16-7-6-14-35(42)38-24-31(17-19-43(38)51)32-18-20-44-39(25-32)40-23-29-9-4-5-10-30(29)26-45(40)52(44)48-47-37(21-22-50-48)36-15-8-11-33-27-49-28-41(47)46(33)36/h1-28H. The van der Waals surface area contributed by atoms with Crippen molar-refractivity contribution in [3.63, 3.8) is 0 Å². The molecular weight excluding hydrogens is 633 g/mol. The number of para-hydroxylation sites is 2. The van der Waals surface area contributed by atoms with E-state index in [2.05, 4.69) is 166 Å². The molecule has 0 spiro atoms. The number of pyridine rings is 2. The van der Waals surface area contributed by atoms with E-state index in [0.717, 1.165) is 33.4 Å². The first-order chi connectivity index (χ1) is 25.8. The monoisotopic (exact) mass is 660 g/mol. The molecule has 7 aromatic carbocycles. The molecule has 4 heterocycles. The van der Waals surface area contributed by atoms with Crippen LogP contribution in [0.3, 0.4) is 0 Å². The number of hydrogen-bond donors (Lipinski definition) is 0. The van der Waals surface area contributed by atoms with E-state index in [-0.39, 0.29) is 0 Å². The summed E-state index contributed by atoms with van der Waals surface area (Å²) in [7, 11) is 0. The average Bonchev–Trinajstić information content (AvgIpc) is 3.83. The molecule has 0 amide bonds. The maximum absolute atomic E-state index is 5.15. The van der Waals surface area contributed by atoms with Crippen LogP contribution in [0.15, 0.2) is 170 Å². The largest absolute Gasteiger partial charge is 0.309 e. The van der Waals surface area contributed by atoms with Crippen molar-refractivity contribution in [1.82, 2.24) is 19.1 Å². The molecule has 0 bridgehead atoms. The molecule has 0 aliphatic heterocycles. The molecule has 0 unspecified atom stereocenters. The summed E-state index contributed by atoms with van der Waals surface area (Å²) in [4.78, 5) is 9.82. The Bertz CT molecular complexity index is 3290. The van der Waals surface area contributed by atoms with Gasteiger partial charge in [0.1, 0.15) is 5.82 Å². The summed E-state index contributed by atoms with van der Waals surface area (Å²) in [5.74, 6) is 0.932. The topological polar surface area (TPSA) is 35.6 Å². The first-order valence-corrected chi connectivity index (χ1v) is 17.7.